The molecule has 1 saturated heterocycles. The number of hydrogen-bond acceptors (Lipinski definition) is 4. The molecule has 2 aromatic rings. The molecule has 24 heavy (non-hydrogen) atoms. The third kappa shape index (κ3) is 4.32. The molecule has 0 amide bonds. The van der Waals surface area contributed by atoms with E-state index in [1.165, 1.54) is 12.1 Å². The summed E-state index contributed by atoms with van der Waals surface area (Å²) in [6.45, 7) is 2.29. The van der Waals surface area contributed by atoms with Crippen molar-refractivity contribution in [2.45, 2.75) is 18.9 Å². The number of aliphatic hydroxyl groups excluding tert-OH is 1. The summed E-state index contributed by atoms with van der Waals surface area (Å²) in [5, 5.41) is 13.0. The van der Waals surface area contributed by atoms with Crippen molar-refractivity contribution in [2.75, 3.05) is 29.9 Å². The molecule has 0 radical (unpaired) electrons. The lowest BCUT2D eigenvalue weighted by atomic mass is 10.1. The van der Waals surface area contributed by atoms with Crippen LogP contribution in [0.1, 0.15) is 18.4 Å². The number of anilines is 2. The highest BCUT2D eigenvalue weighted by Gasteiger charge is 2.19. The summed E-state index contributed by atoms with van der Waals surface area (Å²) in [6.07, 6.45) is 7.12. The Morgan fingerprint density at radius 2 is 1.96 bits per heavy atom. The standard InChI is InChI=1S/C19H22FN3O/c20-16-7-5-15(6-8-16)3-1-11-21-18-4-2-12-22-19(18)23-13-9-17(24)10-14-23/h1-8,12,17,21,24H,9-11,13-14H2/b3-1+. The molecular formula is C19H22FN3O. The van der Waals surface area contributed by atoms with Crippen LogP contribution in [0.3, 0.4) is 0 Å². The minimum atomic E-state index is -0.225. The predicted molar refractivity (Wildman–Crippen MR) is 95.6 cm³/mol. The fourth-order valence-electron chi connectivity index (χ4n) is 2.80. The van der Waals surface area contributed by atoms with E-state index in [1.807, 2.05) is 24.3 Å². The number of aromatic nitrogens is 1. The average Bonchev–Trinajstić information content (AvgIpc) is 2.61. The molecule has 126 valence electrons. The monoisotopic (exact) mass is 327 g/mol. The van der Waals surface area contributed by atoms with Crippen molar-refractivity contribution in [3.8, 4) is 0 Å². The van der Waals surface area contributed by atoms with Gasteiger partial charge in [0.15, 0.2) is 5.82 Å². The molecule has 0 spiro atoms. The van der Waals surface area contributed by atoms with Gasteiger partial charge in [-0.05, 0) is 42.7 Å². The largest absolute Gasteiger partial charge is 0.393 e. The van der Waals surface area contributed by atoms with Crippen LogP contribution >= 0.6 is 0 Å². The molecule has 4 nitrogen and oxygen atoms in total. The molecule has 1 aromatic heterocycles. The first-order valence-corrected chi connectivity index (χ1v) is 8.26. The molecule has 0 atom stereocenters. The van der Waals surface area contributed by atoms with Gasteiger partial charge in [0.2, 0.25) is 0 Å². The third-order valence-electron chi connectivity index (χ3n) is 4.14. The van der Waals surface area contributed by atoms with Crippen LogP contribution in [-0.2, 0) is 0 Å². The summed E-state index contributed by atoms with van der Waals surface area (Å²) in [4.78, 5) is 6.70. The van der Waals surface area contributed by atoms with Gasteiger partial charge in [0.05, 0.1) is 11.8 Å². The van der Waals surface area contributed by atoms with Crippen LogP contribution in [0.15, 0.2) is 48.7 Å². The second kappa shape index (κ2) is 7.93. The number of hydrogen-bond donors (Lipinski definition) is 2. The Morgan fingerprint density at radius 3 is 2.71 bits per heavy atom. The molecule has 5 heteroatoms. The number of benzene rings is 1. The van der Waals surface area contributed by atoms with Crippen molar-refractivity contribution in [3.63, 3.8) is 0 Å². The molecule has 0 aliphatic carbocycles. The summed E-state index contributed by atoms with van der Waals surface area (Å²) in [7, 11) is 0. The van der Waals surface area contributed by atoms with E-state index in [0.717, 1.165) is 43.0 Å². The molecule has 0 unspecified atom stereocenters. The van der Waals surface area contributed by atoms with Crippen molar-refractivity contribution in [3.05, 3.63) is 60.1 Å². The van der Waals surface area contributed by atoms with Gasteiger partial charge in [-0.2, -0.15) is 0 Å². The minimum absolute atomic E-state index is 0.194. The van der Waals surface area contributed by atoms with Gasteiger partial charge in [0.25, 0.3) is 0 Å². The minimum Gasteiger partial charge on any atom is -0.393 e. The van der Waals surface area contributed by atoms with Gasteiger partial charge in [0.1, 0.15) is 5.82 Å². The normalized spacial score (nSPS) is 15.8. The average molecular weight is 327 g/mol. The zero-order valence-electron chi connectivity index (χ0n) is 13.5. The molecule has 1 aliphatic heterocycles. The molecule has 0 saturated carbocycles. The van der Waals surface area contributed by atoms with Gasteiger partial charge in [0, 0.05) is 25.8 Å². The Balaban J connectivity index is 1.60. The summed E-state index contributed by atoms with van der Waals surface area (Å²) in [6, 6.07) is 10.3. The number of nitrogens with zero attached hydrogens (tertiary/aromatic N) is 2. The zero-order valence-corrected chi connectivity index (χ0v) is 13.5. The van der Waals surface area contributed by atoms with E-state index >= 15 is 0 Å². The summed E-state index contributed by atoms with van der Waals surface area (Å²) in [5.74, 6) is 0.705. The highest BCUT2D eigenvalue weighted by atomic mass is 19.1. The summed E-state index contributed by atoms with van der Waals surface area (Å²) in [5.41, 5.74) is 1.95. The molecular weight excluding hydrogens is 305 g/mol. The van der Waals surface area contributed by atoms with Crippen LogP contribution in [0, 0.1) is 5.82 Å². The van der Waals surface area contributed by atoms with Crippen molar-refractivity contribution >= 4 is 17.6 Å². The van der Waals surface area contributed by atoms with Gasteiger partial charge >= 0.3 is 0 Å². The van der Waals surface area contributed by atoms with Crippen molar-refractivity contribution in [1.29, 1.82) is 0 Å². The van der Waals surface area contributed by atoms with E-state index < -0.39 is 0 Å². The zero-order chi connectivity index (χ0) is 16.8. The van der Waals surface area contributed by atoms with Gasteiger partial charge in [-0.3, -0.25) is 0 Å². The molecule has 3 rings (SSSR count). The summed E-state index contributed by atoms with van der Waals surface area (Å²) >= 11 is 0. The Hall–Kier alpha value is -2.40. The first-order valence-electron chi connectivity index (χ1n) is 8.26. The van der Waals surface area contributed by atoms with Gasteiger partial charge in [-0.15, -0.1) is 0 Å². The number of aliphatic hydroxyl groups is 1. The SMILES string of the molecule is OC1CCN(c2ncccc2NC/C=C/c2ccc(F)cc2)CC1. The number of halogens is 1. The Labute approximate surface area is 141 Å². The van der Waals surface area contributed by atoms with Gasteiger partial charge < -0.3 is 15.3 Å². The first kappa shape index (κ1) is 16.5. The second-order valence-corrected chi connectivity index (χ2v) is 5.93. The van der Waals surface area contributed by atoms with E-state index in [0.29, 0.717) is 6.54 Å². The number of piperidine rings is 1. The van der Waals surface area contributed by atoms with Crippen LogP contribution in [0.2, 0.25) is 0 Å². The fourth-order valence-corrected chi connectivity index (χ4v) is 2.80. The Kier molecular flexibility index (Phi) is 5.43. The van der Waals surface area contributed by atoms with Crippen LogP contribution < -0.4 is 10.2 Å². The molecule has 0 bridgehead atoms. The van der Waals surface area contributed by atoms with Crippen molar-refractivity contribution < 1.29 is 9.50 Å². The number of pyridine rings is 1. The molecule has 2 heterocycles. The topological polar surface area (TPSA) is 48.4 Å². The summed E-state index contributed by atoms with van der Waals surface area (Å²) < 4.78 is 12.9. The highest BCUT2D eigenvalue weighted by Crippen LogP contribution is 2.25. The predicted octanol–water partition coefficient (Wildman–Crippen LogP) is 3.31. The number of rotatable bonds is 5. The van der Waals surface area contributed by atoms with Crippen LogP contribution in [0.4, 0.5) is 15.9 Å². The molecule has 2 N–H and O–H groups in total. The Bertz CT molecular complexity index is 679. The lowest BCUT2D eigenvalue weighted by Gasteiger charge is -2.31. The van der Waals surface area contributed by atoms with E-state index in [-0.39, 0.29) is 11.9 Å². The van der Waals surface area contributed by atoms with Gasteiger partial charge in [-0.25, -0.2) is 9.37 Å². The lowest BCUT2D eigenvalue weighted by molar-refractivity contribution is 0.145. The van der Waals surface area contributed by atoms with E-state index in [4.69, 9.17) is 0 Å². The first-order chi connectivity index (χ1) is 11.7. The molecule has 1 fully saturated rings. The van der Waals surface area contributed by atoms with E-state index in [1.54, 1.807) is 18.3 Å². The van der Waals surface area contributed by atoms with Crippen LogP contribution in [-0.4, -0.2) is 35.8 Å². The molecule has 1 aliphatic rings. The maximum atomic E-state index is 12.9. The van der Waals surface area contributed by atoms with Crippen molar-refractivity contribution in [1.82, 2.24) is 4.98 Å². The third-order valence-corrected chi connectivity index (χ3v) is 4.14. The maximum Gasteiger partial charge on any atom is 0.151 e. The lowest BCUT2D eigenvalue weighted by Crippen LogP contribution is -2.36. The maximum absolute atomic E-state index is 12.9. The second-order valence-electron chi connectivity index (χ2n) is 5.93. The quantitative estimate of drug-likeness (QED) is 0.884. The number of nitrogens with one attached hydrogen (secondary N) is 1. The molecule has 1 aromatic carbocycles. The fraction of sp³-hybridized carbons (Fsp3) is 0.316. The van der Waals surface area contributed by atoms with Gasteiger partial charge in [-0.1, -0.05) is 24.3 Å². The van der Waals surface area contributed by atoms with E-state index in [2.05, 4.69) is 15.2 Å². The highest BCUT2D eigenvalue weighted by molar-refractivity contribution is 5.66. The smallest absolute Gasteiger partial charge is 0.151 e. The van der Waals surface area contributed by atoms with E-state index in [9.17, 15) is 9.50 Å². The Morgan fingerprint density at radius 1 is 1.21 bits per heavy atom. The van der Waals surface area contributed by atoms with Crippen LogP contribution in [0.25, 0.3) is 6.08 Å². The van der Waals surface area contributed by atoms with Crippen LogP contribution in [0.5, 0.6) is 0 Å². The van der Waals surface area contributed by atoms with Crippen molar-refractivity contribution in [2.24, 2.45) is 0 Å².